The number of hydrogen-bond acceptors (Lipinski definition) is 4. The average Bonchev–Trinajstić information content (AvgIpc) is 3.30. The molecular formula is C24H30N2O4. The Balaban J connectivity index is 1.37. The van der Waals surface area contributed by atoms with Gasteiger partial charge in [-0.25, -0.2) is 0 Å². The van der Waals surface area contributed by atoms with Gasteiger partial charge in [-0.05, 0) is 67.7 Å². The summed E-state index contributed by atoms with van der Waals surface area (Å²) in [7, 11) is 0. The maximum atomic E-state index is 12.4. The number of nitrogens with one attached hydrogen (secondary N) is 1. The van der Waals surface area contributed by atoms with Gasteiger partial charge in [0.1, 0.15) is 11.5 Å². The summed E-state index contributed by atoms with van der Waals surface area (Å²) in [5, 5.41) is 3.02. The third-order valence-electron chi connectivity index (χ3n) is 5.29. The van der Waals surface area contributed by atoms with Gasteiger partial charge in [-0.15, -0.1) is 0 Å². The Morgan fingerprint density at radius 2 is 1.97 bits per heavy atom. The Morgan fingerprint density at radius 3 is 2.63 bits per heavy atom. The number of hydrogen-bond donors (Lipinski definition) is 1. The van der Waals surface area contributed by atoms with Gasteiger partial charge in [-0.3, -0.25) is 9.59 Å². The molecule has 0 spiro atoms. The number of carbonyl (C=O) groups is 2. The first-order chi connectivity index (χ1) is 14.7. The third-order valence-corrected chi connectivity index (χ3v) is 5.29. The minimum atomic E-state index is -0.0741. The van der Waals surface area contributed by atoms with Crippen molar-refractivity contribution >= 4 is 17.9 Å². The second kappa shape index (κ2) is 11.2. The molecule has 30 heavy (non-hydrogen) atoms. The maximum Gasteiger partial charge on any atom is 0.251 e. The van der Waals surface area contributed by atoms with Crippen LogP contribution in [0.25, 0.3) is 6.08 Å². The first kappa shape index (κ1) is 21.7. The number of carbonyl (C=O) groups excluding carboxylic acids is 2. The fraction of sp³-hybridized carbons (Fsp3) is 0.417. The van der Waals surface area contributed by atoms with Crippen molar-refractivity contribution < 1.29 is 18.7 Å². The molecule has 0 radical (unpaired) electrons. The predicted octanol–water partition coefficient (Wildman–Crippen LogP) is 4.14. The van der Waals surface area contributed by atoms with Crippen LogP contribution < -0.4 is 10.1 Å². The smallest absolute Gasteiger partial charge is 0.251 e. The molecule has 160 valence electrons. The number of furan rings is 1. The van der Waals surface area contributed by atoms with Crippen molar-refractivity contribution in [1.29, 1.82) is 0 Å². The van der Waals surface area contributed by atoms with Crippen LogP contribution in [0.5, 0.6) is 5.75 Å². The molecule has 6 nitrogen and oxygen atoms in total. The summed E-state index contributed by atoms with van der Waals surface area (Å²) in [6.07, 6.45) is 8.70. The van der Waals surface area contributed by atoms with E-state index in [4.69, 9.17) is 9.15 Å². The predicted molar refractivity (Wildman–Crippen MR) is 116 cm³/mol. The molecule has 2 aromatic rings. The van der Waals surface area contributed by atoms with Crippen LogP contribution in [0.15, 0.2) is 53.2 Å². The Bertz CT molecular complexity index is 819. The number of benzene rings is 1. The van der Waals surface area contributed by atoms with E-state index in [9.17, 15) is 9.59 Å². The highest BCUT2D eigenvalue weighted by atomic mass is 16.5. The van der Waals surface area contributed by atoms with Gasteiger partial charge in [0.2, 0.25) is 5.91 Å². The van der Waals surface area contributed by atoms with Crippen LogP contribution in [0.2, 0.25) is 0 Å². The normalized spacial score (nSPS) is 14.8. The van der Waals surface area contributed by atoms with Crippen molar-refractivity contribution in [1.82, 2.24) is 10.2 Å². The molecule has 2 amide bonds. The summed E-state index contributed by atoms with van der Waals surface area (Å²) in [5.74, 6) is 1.76. The van der Waals surface area contributed by atoms with Crippen molar-refractivity contribution in [3.05, 3.63) is 60.1 Å². The number of likely N-dealkylation sites (tertiary alicyclic amines) is 1. The maximum absolute atomic E-state index is 12.4. The monoisotopic (exact) mass is 410 g/mol. The highest BCUT2D eigenvalue weighted by Gasteiger charge is 2.22. The molecule has 1 aromatic heterocycles. The zero-order chi connectivity index (χ0) is 21.2. The molecule has 1 aliphatic heterocycles. The Labute approximate surface area is 177 Å². The topological polar surface area (TPSA) is 71.8 Å². The zero-order valence-electron chi connectivity index (χ0n) is 17.5. The number of unbranched alkanes of at least 4 members (excludes halogenated alkanes) is 1. The average molecular weight is 411 g/mol. The van der Waals surface area contributed by atoms with E-state index < -0.39 is 0 Å². The quantitative estimate of drug-likeness (QED) is 0.498. The first-order valence-corrected chi connectivity index (χ1v) is 10.7. The second-order valence-corrected chi connectivity index (χ2v) is 7.55. The molecule has 6 heteroatoms. The van der Waals surface area contributed by atoms with E-state index >= 15 is 0 Å². The van der Waals surface area contributed by atoms with Gasteiger partial charge in [0.25, 0.3) is 5.91 Å². The van der Waals surface area contributed by atoms with Crippen molar-refractivity contribution in [3.8, 4) is 5.75 Å². The van der Waals surface area contributed by atoms with Gasteiger partial charge in [0.05, 0.1) is 12.9 Å². The van der Waals surface area contributed by atoms with Crippen molar-refractivity contribution in [2.75, 3.05) is 26.2 Å². The first-order valence-electron chi connectivity index (χ1n) is 10.7. The van der Waals surface area contributed by atoms with Gasteiger partial charge in [-0.1, -0.05) is 13.3 Å². The molecule has 2 heterocycles. The lowest BCUT2D eigenvalue weighted by molar-refractivity contribution is -0.127. The van der Waals surface area contributed by atoms with E-state index in [1.807, 2.05) is 23.1 Å². The number of amides is 2. The molecule has 3 rings (SSSR count). The van der Waals surface area contributed by atoms with Crippen LogP contribution in [0.3, 0.4) is 0 Å². The summed E-state index contributed by atoms with van der Waals surface area (Å²) in [6, 6.07) is 10.9. The number of rotatable bonds is 9. The lowest BCUT2D eigenvalue weighted by Crippen LogP contribution is -2.40. The minimum Gasteiger partial charge on any atom is -0.494 e. The summed E-state index contributed by atoms with van der Waals surface area (Å²) in [5.41, 5.74) is 0.633. The van der Waals surface area contributed by atoms with E-state index in [1.165, 1.54) is 0 Å². The Morgan fingerprint density at radius 1 is 1.20 bits per heavy atom. The summed E-state index contributed by atoms with van der Waals surface area (Å²) in [6.45, 7) is 4.84. The molecule has 1 aliphatic rings. The molecule has 1 fully saturated rings. The fourth-order valence-corrected chi connectivity index (χ4v) is 3.38. The highest BCUT2D eigenvalue weighted by molar-refractivity contribution is 5.94. The SMILES string of the molecule is CCCCOc1ccc(C(=O)NCC2CCN(C(=O)/C=C/c3ccco3)CC2)cc1. The summed E-state index contributed by atoms with van der Waals surface area (Å²) < 4.78 is 10.8. The van der Waals surface area contributed by atoms with E-state index in [-0.39, 0.29) is 11.8 Å². The van der Waals surface area contributed by atoms with Crippen LogP contribution >= 0.6 is 0 Å². The van der Waals surface area contributed by atoms with Crippen LogP contribution in [0.4, 0.5) is 0 Å². The van der Waals surface area contributed by atoms with E-state index in [0.29, 0.717) is 43.5 Å². The van der Waals surface area contributed by atoms with Crippen LogP contribution in [-0.4, -0.2) is 43.0 Å². The lowest BCUT2D eigenvalue weighted by atomic mass is 9.96. The van der Waals surface area contributed by atoms with Crippen molar-refractivity contribution in [2.24, 2.45) is 5.92 Å². The molecular weight excluding hydrogens is 380 g/mol. The van der Waals surface area contributed by atoms with Gasteiger partial charge >= 0.3 is 0 Å². The fourth-order valence-electron chi connectivity index (χ4n) is 3.38. The third kappa shape index (κ3) is 6.51. The van der Waals surface area contributed by atoms with Crippen molar-refractivity contribution in [3.63, 3.8) is 0 Å². The van der Waals surface area contributed by atoms with Crippen LogP contribution in [0.1, 0.15) is 48.7 Å². The van der Waals surface area contributed by atoms with Gasteiger partial charge in [-0.2, -0.15) is 0 Å². The summed E-state index contributed by atoms with van der Waals surface area (Å²) >= 11 is 0. The molecule has 0 atom stereocenters. The molecule has 1 N–H and O–H groups in total. The number of piperidine rings is 1. The molecule has 0 bridgehead atoms. The Kier molecular flexibility index (Phi) is 8.12. The van der Waals surface area contributed by atoms with Gasteiger partial charge in [0, 0.05) is 31.3 Å². The number of nitrogens with zero attached hydrogens (tertiary/aromatic N) is 1. The molecule has 0 unspecified atom stereocenters. The minimum absolute atomic E-state index is 0.00451. The largest absolute Gasteiger partial charge is 0.494 e. The van der Waals surface area contributed by atoms with E-state index in [1.54, 1.807) is 36.6 Å². The van der Waals surface area contributed by atoms with E-state index in [0.717, 1.165) is 31.4 Å². The molecule has 1 aromatic carbocycles. The Hall–Kier alpha value is -3.02. The van der Waals surface area contributed by atoms with Crippen LogP contribution in [-0.2, 0) is 4.79 Å². The van der Waals surface area contributed by atoms with Crippen LogP contribution in [0, 0.1) is 5.92 Å². The standard InChI is InChI=1S/C24H30N2O4/c1-2-3-16-29-22-8-6-20(7-9-22)24(28)25-18-19-12-14-26(15-13-19)23(27)11-10-21-5-4-17-30-21/h4-11,17,19H,2-3,12-16,18H2,1H3,(H,25,28)/b11-10+. The highest BCUT2D eigenvalue weighted by Crippen LogP contribution is 2.18. The molecule has 0 saturated carbocycles. The molecule has 1 saturated heterocycles. The second-order valence-electron chi connectivity index (χ2n) is 7.55. The van der Waals surface area contributed by atoms with Gasteiger partial charge < -0.3 is 19.4 Å². The molecule has 0 aliphatic carbocycles. The van der Waals surface area contributed by atoms with Crippen molar-refractivity contribution in [2.45, 2.75) is 32.6 Å². The van der Waals surface area contributed by atoms with Gasteiger partial charge in [0.15, 0.2) is 0 Å². The summed E-state index contributed by atoms with van der Waals surface area (Å²) in [4.78, 5) is 26.5. The van der Waals surface area contributed by atoms with E-state index in [2.05, 4.69) is 12.2 Å². The zero-order valence-corrected chi connectivity index (χ0v) is 17.5. The lowest BCUT2D eigenvalue weighted by Gasteiger charge is -2.31. The number of ether oxygens (including phenoxy) is 1.